The molecule has 1 amide bonds. The van der Waals surface area contributed by atoms with Gasteiger partial charge in [0.2, 0.25) is 0 Å². The SMILES string of the molecule is CCOc1cc(/C=N/NC(=O)c2cc(-c3ccccc3)nc3ccccc23)cc(Cl)c1OCC(=O)O. The number of carbonyl (C=O) groups excluding carboxylic acids is 1. The average Bonchev–Trinajstić information content (AvgIpc) is 2.88. The molecule has 8 nitrogen and oxygen atoms in total. The van der Waals surface area contributed by atoms with E-state index in [1.807, 2.05) is 54.6 Å². The molecule has 1 heterocycles. The Morgan fingerprint density at radius 2 is 1.81 bits per heavy atom. The molecule has 3 aromatic carbocycles. The van der Waals surface area contributed by atoms with E-state index in [2.05, 4.69) is 10.5 Å². The second kappa shape index (κ2) is 11.3. The molecule has 4 aromatic rings. The number of pyridine rings is 1. The molecule has 0 fully saturated rings. The van der Waals surface area contributed by atoms with Gasteiger partial charge in [-0.1, -0.05) is 60.1 Å². The number of hydrazone groups is 1. The molecular formula is C27H22ClN3O5. The molecule has 0 aliphatic heterocycles. The number of halogens is 1. The van der Waals surface area contributed by atoms with Crippen LogP contribution in [-0.2, 0) is 4.79 Å². The fourth-order valence-corrected chi connectivity index (χ4v) is 3.82. The number of para-hydroxylation sites is 1. The Labute approximate surface area is 212 Å². The van der Waals surface area contributed by atoms with Crippen LogP contribution in [-0.4, -0.2) is 41.4 Å². The number of nitrogens with one attached hydrogen (secondary N) is 1. The van der Waals surface area contributed by atoms with Crippen molar-refractivity contribution < 1.29 is 24.2 Å². The Kier molecular flexibility index (Phi) is 7.77. The maximum absolute atomic E-state index is 13.1. The van der Waals surface area contributed by atoms with Crippen molar-refractivity contribution in [3.05, 3.63) is 88.9 Å². The maximum atomic E-state index is 13.1. The van der Waals surface area contributed by atoms with Crippen molar-refractivity contribution >= 4 is 40.6 Å². The van der Waals surface area contributed by atoms with E-state index in [4.69, 9.17) is 31.2 Å². The highest BCUT2D eigenvalue weighted by Crippen LogP contribution is 2.36. The van der Waals surface area contributed by atoms with Crippen molar-refractivity contribution in [2.45, 2.75) is 6.92 Å². The fraction of sp³-hybridized carbons (Fsp3) is 0.111. The summed E-state index contributed by atoms with van der Waals surface area (Å²) in [4.78, 5) is 28.6. The minimum absolute atomic E-state index is 0.124. The lowest BCUT2D eigenvalue weighted by atomic mass is 10.0. The van der Waals surface area contributed by atoms with Gasteiger partial charge in [-0.15, -0.1) is 0 Å². The quantitative estimate of drug-likeness (QED) is 0.240. The number of rotatable bonds is 9. The molecule has 182 valence electrons. The van der Waals surface area contributed by atoms with E-state index in [1.54, 1.807) is 19.1 Å². The predicted molar refractivity (Wildman–Crippen MR) is 138 cm³/mol. The van der Waals surface area contributed by atoms with Gasteiger partial charge in [0.15, 0.2) is 18.1 Å². The van der Waals surface area contributed by atoms with Crippen LogP contribution >= 0.6 is 11.6 Å². The lowest BCUT2D eigenvalue weighted by Gasteiger charge is -2.13. The van der Waals surface area contributed by atoms with Crippen LogP contribution in [0, 0.1) is 0 Å². The lowest BCUT2D eigenvalue weighted by molar-refractivity contribution is -0.139. The molecule has 0 atom stereocenters. The first-order valence-electron chi connectivity index (χ1n) is 11.1. The molecule has 0 aliphatic carbocycles. The lowest BCUT2D eigenvalue weighted by Crippen LogP contribution is -2.18. The van der Waals surface area contributed by atoms with Crippen LogP contribution in [0.25, 0.3) is 22.2 Å². The minimum atomic E-state index is -1.14. The van der Waals surface area contributed by atoms with Gasteiger partial charge in [0.25, 0.3) is 5.91 Å². The first-order chi connectivity index (χ1) is 17.5. The number of carboxylic acids is 1. The van der Waals surface area contributed by atoms with Gasteiger partial charge in [-0.3, -0.25) is 4.79 Å². The van der Waals surface area contributed by atoms with Crippen LogP contribution in [0.2, 0.25) is 5.02 Å². The topological polar surface area (TPSA) is 110 Å². The summed E-state index contributed by atoms with van der Waals surface area (Å²) >= 11 is 6.28. The molecule has 2 N–H and O–H groups in total. The van der Waals surface area contributed by atoms with E-state index in [-0.39, 0.29) is 16.5 Å². The molecule has 0 aliphatic rings. The second-order valence-electron chi connectivity index (χ2n) is 7.58. The van der Waals surface area contributed by atoms with Crippen LogP contribution in [0.5, 0.6) is 11.5 Å². The van der Waals surface area contributed by atoms with Crippen molar-refractivity contribution in [1.82, 2.24) is 10.4 Å². The van der Waals surface area contributed by atoms with E-state index < -0.39 is 18.5 Å². The Bertz CT molecular complexity index is 1440. The zero-order valence-corrected chi connectivity index (χ0v) is 20.0. The van der Waals surface area contributed by atoms with Crippen molar-refractivity contribution in [2.75, 3.05) is 13.2 Å². The summed E-state index contributed by atoms with van der Waals surface area (Å²) in [6.45, 7) is 1.53. The average molecular weight is 504 g/mol. The Morgan fingerprint density at radius 1 is 1.06 bits per heavy atom. The summed E-state index contributed by atoms with van der Waals surface area (Å²) in [5.41, 5.74) is 5.77. The van der Waals surface area contributed by atoms with Gasteiger partial charge in [0, 0.05) is 10.9 Å². The molecule has 0 spiro atoms. The molecule has 0 unspecified atom stereocenters. The number of hydrogen-bond acceptors (Lipinski definition) is 6. The summed E-state index contributed by atoms with van der Waals surface area (Å²) in [5.74, 6) is -1.15. The third kappa shape index (κ3) is 5.79. The van der Waals surface area contributed by atoms with E-state index in [0.717, 1.165) is 5.56 Å². The van der Waals surface area contributed by atoms with E-state index in [1.165, 1.54) is 12.3 Å². The number of carbonyl (C=O) groups is 2. The third-order valence-corrected chi connectivity index (χ3v) is 5.36. The summed E-state index contributed by atoms with van der Waals surface area (Å²) in [5, 5.41) is 13.8. The van der Waals surface area contributed by atoms with Gasteiger partial charge < -0.3 is 14.6 Å². The Morgan fingerprint density at radius 3 is 2.56 bits per heavy atom. The molecule has 36 heavy (non-hydrogen) atoms. The molecule has 0 saturated heterocycles. The number of fused-ring (bicyclic) bond motifs is 1. The van der Waals surface area contributed by atoms with Crippen molar-refractivity contribution in [2.24, 2.45) is 5.10 Å². The molecule has 0 radical (unpaired) electrons. The normalized spacial score (nSPS) is 10.9. The first kappa shape index (κ1) is 24.7. The second-order valence-corrected chi connectivity index (χ2v) is 7.99. The highest BCUT2D eigenvalue weighted by molar-refractivity contribution is 6.32. The molecule has 1 aromatic heterocycles. The summed E-state index contributed by atoms with van der Waals surface area (Å²) in [6.07, 6.45) is 1.41. The van der Waals surface area contributed by atoms with Crippen LogP contribution in [0.4, 0.5) is 0 Å². The van der Waals surface area contributed by atoms with Gasteiger partial charge in [0.1, 0.15) is 0 Å². The predicted octanol–water partition coefficient (Wildman–Crippen LogP) is 5.18. The maximum Gasteiger partial charge on any atom is 0.341 e. The number of aromatic nitrogens is 1. The molecular weight excluding hydrogens is 482 g/mol. The minimum Gasteiger partial charge on any atom is -0.490 e. The largest absolute Gasteiger partial charge is 0.490 e. The van der Waals surface area contributed by atoms with Crippen molar-refractivity contribution in [1.29, 1.82) is 0 Å². The van der Waals surface area contributed by atoms with Gasteiger partial charge in [0.05, 0.1) is 34.6 Å². The highest BCUT2D eigenvalue weighted by atomic mass is 35.5. The first-order valence-corrected chi connectivity index (χ1v) is 11.4. The van der Waals surface area contributed by atoms with Crippen LogP contribution in [0.3, 0.4) is 0 Å². The highest BCUT2D eigenvalue weighted by Gasteiger charge is 2.15. The van der Waals surface area contributed by atoms with Crippen LogP contribution < -0.4 is 14.9 Å². The van der Waals surface area contributed by atoms with Crippen molar-refractivity contribution in [3.8, 4) is 22.8 Å². The van der Waals surface area contributed by atoms with Crippen LogP contribution in [0.1, 0.15) is 22.8 Å². The zero-order chi connectivity index (χ0) is 25.5. The number of amides is 1. The zero-order valence-electron chi connectivity index (χ0n) is 19.3. The van der Waals surface area contributed by atoms with E-state index in [0.29, 0.717) is 34.3 Å². The van der Waals surface area contributed by atoms with Gasteiger partial charge >= 0.3 is 5.97 Å². The van der Waals surface area contributed by atoms with E-state index in [9.17, 15) is 9.59 Å². The van der Waals surface area contributed by atoms with Crippen molar-refractivity contribution in [3.63, 3.8) is 0 Å². The molecule has 4 rings (SSSR count). The summed E-state index contributed by atoms with van der Waals surface area (Å²) < 4.78 is 10.8. The van der Waals surface area contributed by atoms with Gasteiger partial charge in [-0.05, 0) is 36.8 Å². The monoisotopic (exact) mass is 503 g/mol. The number of ether oxygens (including phenoxy) is 2. The number of aliphatic carboxylic acids is 1. The molecule has 0 bridgehead atoms. The molecule has 0 saturated carbocycles. The van der Waals surface area contributed by atoms with E-state index >= 15 is 0 Å². The standard InChI is InChI=1S/C27H22ClN3O5/c1-2-35-24-13-17(12-21(28)26(24)36-16-25(32)33)15-29-31-27(34)20-14-23(18-8-4-3-5-9-18)30-22-11-7-6-10-19(20)22/h3-15H,2,16H2,1H3,(H,31,34)(H,32,33)/b29-15+. The number of carboxylic acid groups (broad SMARTS) is 1. The third-order valence-electron chi connectivity index (χ3n) is 5.08. The fourth-order valence-electron chi connectivity index (χ4n) is 3.55. The Hall–Kier alpha value is -4.43. The number of nitrogens with zero attached hydrogens (tertiary/aromatic N) is 2. The van der Waals surface area contributed by atoms with Gasteiger partial charge in [-0.2, -0.15) is 5.10 Å². The van der Waals surface area contributed by atoms with Gasteiger partial charge in [-0.25, -0.2) is 15.2 Å². The Balaban J connectivity index is 1.59. The summed E-state index contributed by atoms with van der Waals surface area (Å²) in [6, 6.07) is 21.9. The smallest absolute Gasteiger partial charge is 0.341 e. The summed E-state index contributed by atoms with van der Waals surface area (Å²) in [7, 11) is 0. The van der Waals surface area contributed by atoms with Crippen LogP contribution in [0.15, 0.2) is 77.9 Å². The molecule has 9 heteroatoms. The number of benzene rings is 3. The number of hydrogen-bond donors (Lipinski definition) is 2.